The van der Waals surface area contributed by atoms with Gasteiger partial charge in [0.1, 0.15) is 5.75 Å². The van der Waals surface area contributed by atoms with Crippen LogP contribution in [-0.4, -0.2) is 33.0 Å². The van der Waals surface area contributed by atoms with Gasteiger partial charge in [-0.3, -0.25) is 4.79 Å². The van der Waals surface area contributed by atoms with Crippen LogP contribution in [0.15, 0.2) is 73.1 Å². The van der Waals surface area contributed by atoms with Crippen LogP contribution in [0.1, 0.15) is 16.1 Å². The number of hydrogen-bond donors (Lipinski definition) is 2. The highest BCUT2D eigenvalue weighted by atomic mass is 35.5. The van der Waals surface area contributed by atoms with Gasteiger partial charge in [0.2, 0.25) is 0 Å². The molecule has 0 aliphatic heterocycles. The van der Waals surface area contributed by atoms with Crippen LogP contribution >= 0.6 is 11.6 Å². The Bertz CT molecular complexity index is 1180. The molecule has 31 heavy (non-hydrogen) atoms. The number of amides is 1. The van der Waals surface area contributed by atoms with Crippen molar-refractivity contribution in [1.82, 2.24) is 20.0 Å². The first kappa shape index (κ1) is 20.4. The smallest absolute Gasteiger partial charge is 0.277 e. The van der Waals surface area contributed by atoms with Gasteiger partial charge in [0.05, 0.1) is 25.5 Å². The standard InChI is InChI=1S/C22H19ClN6O2/c1-31-18-10-4-15(5-11-18)13-29-14-20(27-28-29)22(30)26-19-3-2-12-24-21(19)25-17-8-6-16(23)7-9-17/h2-12,14H,13H2,1H3,(H,24,25)(H,26,30). The van der Waals surface area contributed by atoms with Crippen molar-refractivity contribution in [2.24, 2.45) is 0 Å². The highest BCUT2D eigenvalue weighted by Gasteiger charge is 2.14. The number of methoxy groups -OCH3 is 1. The molecule has 2 aromatic heterocycles. The topological polar surface area (TPSA) is 94.0 Å². The molecule has 0 bridgehead atoms. The van der Waals surface area contributed by atoms with E-state index in [2.05, 4.69) is 25.9 Å². The number of nitrogens with zero attached hydrogens (tertiary/aromatic N) is 4. The van der Waals surface area contributed by atoms with E-state index in [1.165, 1.54) is 0 Å². The van der Waals surface area contributed by atoms with E-state index in [1.807, 2.05) is 36.4 Å². The van der Waals surface area contributed by atoms with Crippen molar-refractivity contribution in [2.75, 3.05) is 17.7 Å². The van der Waals surface area contributed by atoms with Crippen LogP contribution in [0.4, 0.5) is 17.2 Å². The Balaban J connectivity index is 1.44. The molecule has 0 unspecified atom stereocenters. The van der Waals surface area contributed by atoms with Gasteiger partial charge in [-0.2, -0.15) is 0 Å². The van der Waals surface area contributed by atoms with Gasteiger partial charge in [0.25, 0.3) is 5.91 Å². The van der Waals surface area contributed by atoms with Gasteiger partial charge in [0.15, 0.2) is 11.5 Å². The van der Waals surface area contributed by atoms with Crippen molar-refractivity contribution in [2.45, 2.75) is 6.54 Å². The third-order valence-electron chi connectivity index (χ3n) is 4.44. The third kappa shape index (κ3) is 5.18. The summed E-state index contributed by atoms with van der Waals surface area (Å²) in [6.07, 6.45) is 3.24. The molecule has 0 saturated carbocycles. The minimum atomic E-state index is -0.381. The Morgan fingerprint density at radius 1 is 1.10 bits per heavy atom. The molecule has 0 fully saturated rings. The summed E-state index contributed by atoms with van der Waals surface area (Å²) in [5.74, 6) is 0.902. The molecule has 9 heteroatoms. The van der Waals surface area contributed by atoms with Gasteiger partial charge in [-0.15, -0.1) is 5.10 Å². The van der Waals surface area contributed by atoms with E-state index < -0.39 is 0 Å². The van der Waals surface area contributed by atoms with Crippen LogP contribution in [0, 0.1) is 0 Å². The zero-order chi connectivity index (χ0) is 21.6. The lowest BCUT2D eigenvalue weighted by atomic mass is 10.2. The van der Waals surface area contributed by atoms with Crippen LogP contribution < -0.4 is 15.4 Å². The highest BCUT2D eigenvalue weighted by molar-refractivity contribution is 6.30. The number of hydrogen-bond acceptors (Lipinski definition) is 6. The van der Waals surface area contributed by atoms with E-state index in [-0.39, 0.29) is 11.6 Å². The number of pyridine rings is 1. The first-order chi connectivity index (χ1) is 15.1. The molecule has 0 aliphatic rings. The molecule has 2 heterocycles. The van der Waals surface area contributed by atoms with Gasteiger partial charge >= 0.3 is 0 Å². The van der Waals surface area contributed by atoms with Crippen molar-refractivity contribution in [3.63, 3.8) is 0 Å². The monoisotopic (exact) mass is 434 g/mol. The van der Waals surface area contributed by atoms with Crippen LogP contribution in [0.5, 0.6) is 5.75 Å². The number of halogens is 1. The summed E-state index contributed by atoms with van der Waals surface area (Å²) in [7, 11) is 1.62. The van der Waals surface area contributed by atoms with Gasteiger partial charge in [0, 0.05) is 16.9 Å². The van der Waals surface area contributed by atoms with E-state index in [9.17, 15) is 4.79 Å². The maximum atomic E-state index is 12.7. The van der Waals surface area contributed by atoms with Crippen molar-refractivity contribution in [3.8, 4) is 5.75 Å². The van der Waals surface area contributed by atoms with E-state index in [0.717, 1.165) is 17.0 Å². The van der Waals surface area contributed by atoms with Crippen molar-refractivity contribution >= 4 is 34.7 Å². The van der Waals surface area contributed by atoms with Crippen molar-refractivity contribution in [1.29, 1.82) is 0 Å². The summed E-state index contributed by atoms with van der Waals surface area (Å²) >= 11 is 5.93. The number of rotatable bonds is 7. The SMILES string of the molecule is COc1ccc(Cn2cc(C(=O)Nc3cccnc3Nc3ccc(Cl)cc3)nn2)cc1. The van der Waals surface area contributed by atoms with E-state index in [4.69, 9.17) is 16.3 Å². The highest BCUT2D eigenvalue weighted by Crippen LogP contribution is 2.24. The second-order valence-electron chi connectivity index (χ2n) is 6.64. The predicted octanol–water partition coefficient (Wildman–Crippen LogP) is 4.38. The predicted molar refractivity (Wildman–Crippen MR) is 119 cm³/mol. The molecule has 8 nitrogen and oxygen atoms in total. The zero-order valence-electron chi connectivity index (χ0n) is 16.6. The lowest BCUT2D eigenvalue weighted by Gasteiger charge is -2.11. The molecule has 4 aromatic rings. The van der Waals surface area contributed by atoms with Gasteiger partial charge in [-0.25, -0.2) is 9.67 Å². The largest absolute Gasteiger partial charge is 0.497 e. The van der Waals surface area contributed by atoms with Crippen LogP contribution in [0.25, 0.3) is 0 Å². The first-order valence-corrected chi connectivity index (χ1v) is 9.80. The lowest BCUT2D eigenvalue weighted by molar-refractivity contribution is 0.102. The number of anilines is 3. The third-order valence-corrected chi connectivity index (χ3v) is 4.69. The van der Waals surface area contributed by atoms with E-state index >= 15 is 0 Å². The molecule has 0 aliphatic carbocycles. The molecule has 0 radical (unpaired) electrons. The first-order valence-electron chi connectivity index (χ1n) is 9.43. The van der Waals surface area contributed by atoms with Crippen LogP contribution in [0.2, 0.25) is 5.02 Å². The maximum Gasteiger partial charge on any atom is 0.277 e. The Morgan fingerprint density at radius 3 is 2.61 bits per heavy atom. The van der Waals surface area contributed by atoms with Gasteiger partial charge in [-0.05, 0) is 54.1 Å². The Labute approximate surface area is 183 Å². The molecule has 0 spiro atoms. The molecule has 4 rings (SSSR count). The fraction of sp³-hybridized carbons (Fsp3) is 0.0909. The lowest BCUT2D eigenvalue weighted by Crippen LogP contribution is -2.14. The Hall–Kier alpha value is -3.91. The number of carbonyl (C=O) groups is 1. The van der Waals surface area contributed by atoms with Gasteiger partial charge < -0.3 is 15.4 Å². The fourth-order valence-corrected chi connectivity index (χ4v) is 2.99. The summed E-state index contributed by atoms with van der Waals surface area (Å²) < 4.78 is 6.76. The second kappa shape index (κ2) is 9.27. The Kier molecular flexibility index (Phi) is 6.09. The number of ether oxygens (including phenoxy) is 1. The zero-order valence-corrected chi connectivity index (χ0v) is 17.4. The Morgan fingerprint density at radius 2 is 1.87 bits per heavy atom. The molecule has 2 N–H and O–H groups in total. The molecular weight excluding hydrogens is 416 g/mol. The van der Waals surface area contributed by atoms with Crippen molar-refractivity contribution in [3.05, 3.63) is 89.3 Å². The fourth-order valence-electron chi connectivity index (χ4n) is 2.86. The summed E-state index contributed by atoms with van der Waals surface area (Å²) in [5.41, 5.74) is 2.53. The minimum absolute atomic E-state index is 0.204. The minimum Gasteiger partial charge on any atom is -0.497 e. The molecule has 2 aromatic carbocycles. The molecule has 0 saturated heterocycles. The normalized spacial score (nSPS) is 10.5. The van der Waals surface area contributed by atoms with E-state index in [1.54, 1.807) is 48.5 Å². The summed E-state index contributed by atoms with van der Waals surface area (Å²) in [5, 5.41) is 14.7. The summed E-state index contributed by atoms with van der Waals surface area (Å²) in [4.78, 5) is 17.0. The van der Waals surface area contributed by atoms with Gasteiger partial charge in [-0.1, -0.05) is 28.9 Å². The van der Waals surface area contributed by atoms with Crippen LogP contribution in [0.3, 0.4) is 0 Å². The summed E-state index contributed by atoms with van der Waals surface area (Å²) in [6, 6.07) is 18.3. The molecule has 1 amide bonds. The maximum absolute atomic E-state index is 12.7. The molecule has 156 valence electrons. The number of benzene rings is 2. The quantitative estimate of drug-likeness (QED) is 0.448. The van der Waals surface area contributed by atoms with E-state index in [0.29, 0.717) is 23.1 Å². The number of nitrogens with one attached hydrogen (secondary N) is 2. The summed E-state index contributed by atoms with van der Waals surface area (Å²) in [6.45, 7) is 0.487. The molecule has 0 atom stereocenters. The molecular formula is C22H19ClN6O2. The second-order valence-corrected chi connectivity index (χ2v) is 7.07. The van der Waals surface area contributed by atoms with Crippen LogP contribution in [-0.2, 0) is 6.54 Å². The average Bonchev–Trinajstić information content (AvgIpc) is 3.26. The number of aromatic nitrogens is 4. The number of carbonyl (C=O) groups excluding carboxylic acids is 1. The van der Waals surface area contributed by atoms with Crippen molar-refractivity contribution < 1.29 is 9.53 Å². The average molecular weight is 435 g/mol.